The highest BCUT2D eigenvalue weighted by atomic mass is 35.5. The van der Waals surface area contributed by atoms with Crippen LogP contribution in [0.5, 0.6) is 0 Å². The minimum absolute atomic E-state index is 0.762. The van der Waals surface area contributed by atoms with Gasteiger partial charge in [0.15, 0.2) is 0 Å². The summed E-state index contributed by atoms with van der Waals surface area (Å²) in [6.07, 6.45) is 4.13. The van der Waals surface area contributed by atoms with Gasteiger partial charge in [-0.15, -0.1) is 0 Å². The van der Waals surface area contributed by atoms with Crippen molar-refractivity contribution in [3.8, 4) is 0 Å². The van der Waals surface area contributed by atoms with Crippen LogP contribution in [0, 0.1) is 3.82 Å². The lowest BCUT2D eigenvalue weighted by Gasteiger charge is -1.92. The van der Waals surface area contributed by atoms with Crippen LogP contribution in [0.1, 0.15) is 10.4 Å². The molecule has 1 aromatic carbocycles. The van der Waals surface area contributed by atoms with Gasteiger partial charge in [0.25, 0.3) is 0 Å². The molecule has 0 fully saturated rings. The zero-order chi connectivity index (χ0) is 10.7. The first-order valence-corrected chi connectivity index (χ1v) is 7.21. The number of hydrogen-bond acceptors (Lipinski definition) is 3. The summed E-state index contributed by atoms with van der Waals surface area (Å²) in [6, 6.07) is 9.76. The van der Waals surface area contributed by atoms with E-state index in [9.17, 15) is 0 Å². The first-order valence-electron chi connectivity index (χ1n) is 4.28. The highest BCUT2D eigenvalue weighted by Crippen LogP contribution is 2.20. The molecule has 0 bridgehead atoms. The highest BCUT2D eigenvalue weighted by Gasteiger charge is 1.91. The zero-order valence-electron chi connectivity index (χ0n) is 7.64. The van der Waals surface area contributed by atoms with Gasteiger partial charge in [-0.2, -0.15) is 0 Å². The highest BCUT2D eigenvalue weighted by molar-refractivity contribution is 7.79. The van der Waals surface area contributed by atoms with Crippen molar-refractivity contribution in [2.45, 2.75) is 0 Å². The van der Waals surface area contributed by atoms with Crippen LogP contribution in [0.15, 0.2) is 30.3 Å². The minimum Gasteiger partial charge on any atom is -0.0843 e. The molecule has 0 N–H and O–H groups in total. The Morgan fingerprint density at radius 1 is 1.07 bits per heavy atom. The molecule has 0 radical (unpaired) electrons. The largest absolute Gasteiger partial charge is 0.102 e. The van der Waals surface area contributed by atoms with Crippen LogP contribution in [-0.4, -0.2) is 0 Å². The molecule has 1 aromatic heterocycles. The molecule has 2 aromatic rings. The summed E-state index contributed by atoms with van der Waals surface area (Å²) < 4.78 is 0.941. The quantitative estimate of drug-likeness (QED) is 0.523. The maximum atomic E-state index is 5.80. The van der Waals surface area contributed by atoms with E-state index in [2.05, 4.69) is 12.2 Å². The Kier molecular flexibility index (Phi) is 3.70. The molecular weight excluding hydrogens is 264 g/mol. The lowest BCUT2D eigenvalue weighted by atomic mass is 10.2. The normalized spacial score (nSPS) is 11.0. The molecular formula is C11H7ClS3. The van der Waals surface area contributed by atoms with Gasteiger partial charge < -0.3 is 0 Å². The van der Waals surface area contributed by atoms with Gasteiger partial charge in [0.2, 0.25) is 0 Å². The third kappa shape index (κ3) is 3.24. The molecule has 0 spiro atoms. The van der Waals surface area contributed by atoms with E-state index in [1.54, 1.807) is 20.7 Å². The van der Waals surface area contributed by atoms with Gasteiger partial charge in [0.1, 0.15) is 3.82 Å². The predicted molar refractivity (Wildman–Crippen MR) is 73.4 cm³/mol. The molecule has 0 unspecified atom stereocenters. The van der Waals surface area contributed by atoms with Crippen LogP contribution >= 0.6 is 44.5 Å². The Labute approximate surface area is 106 Å². The Morgan fingerprint density at radius 3 is 2.40 bits per heavy atom. The molecule has 0 aliphatic carbocycles. The molecule has 0 saturated heterocycles. The fraction of sp³-hybridized carbons (Fsp3) is 0. The van der Waals surface area contributed by atoms with Gasteiger partial charge >= 0.3 is 0 Å². The van der Waals surface area contributed by atoms with Crippen molar-refractivity contribution in [2.24, 2.45) is 0 Å². The van der Waals surface area contributed by atoms with Crippen molar-refractivity contribution in [1.29, 1.82) is 0 Å². The number of halogens is 1. The van der Waals surface area contributed by atoms with E-state index in [0.29, 0.717) is 0 Å². The van der Waals surface area contributed by atoms with Crippen molar-refractivity contribution in [3.05, 3.63) is 49.6 Å². The molecule has 0 amide bonds. The lowest BCUT2D eigenvalue weighted by Crippen LogP contribution is -1.69. The first-order chi connectivity index (χ1) is 7.24. The maximum Gasteiger partial charge on any atom is 0.102 e. The van der Waals surface area contributed by atoms with Crippen LogP contribution in [0.2, 0.25) is 5.02 Å². The van der Waals surface area contributed by atoms with Crippen LogP contribution in [-0.2, 0) is 0 Å². The van der Waals surface area contributed by atoms with Crippen molar-refractivity contribution in [1.82, 2.24) is 0 Å². The average Bonchev–Trinajstić information content (AvgIpc) is 2.64. The van der Waals surface area contributed by atoms with Crippen molar-refractivity contribution >= 4 is 56.7 Å². The molecule has 0 aliphatic rings. The molecule has 15 heavy (non-hydrogen) atoms. The second-order valence-electron chi connectivity index (χ2n) is 2.92. The number of hydrogen-bond donors (Lipinski definition) is 0. The number of benzene rings is 1. The Bertz CT molecular complexity index is 519. The molecule has 76 valence electrons. The van der Waals surface area contributed by atoms with E-state index in [1.165, 1.54) is 4.88 Å². The standard InChI is InChI=1S/C11H7ClS3/c12-9-4-1-8(2-5-9)3-6-10-7-11(13)15-14-10/h1-7H/b6-3+. The topological polar surface area (TPSA) is 0 Å². The third-order valence-corrected chi connectivity index (χ3v) is 4.90. The van der Waals surface area contributed by atoms with Crippen LogP contribution < -0.4 is 0 Å². The van der Waals surface area contributed by atoms with Crippen LogP contribution in [0.4, 0.5) is 0 Å². The fourth-order valence-corrected chi connectivity index (χ4v) is 3.42. The Hall–Kier alpha value is -0.480. The Balaban J connectivity index is 2.18. The smallest absolute Gasteiger partial charge is 0.0843 e. The van der Waals surface area contributed by atoms with Gasteiger partial charge in [-0.25, -0.2) is 0 Å². The van der Waals surface area contributed by atoms with Crippen molar-refractivity contribution < 1.29 is 0 Å². The van der Waals surface area contributed by atoms with Crippen LogP contribution in [0.3, 0.4) is 0 Å². The maximum absolute atomic E-state index is 5.80. The van der Waals surface area contributed by atoms with Gasteiger partial charge in [-0.3, -0.25) is 0 Å². The minimum atomic E-state index is 0.762. The molecule has 0 atom stereocenters. The molecule has 0 aliphatic heterocycles. The van der Waals surface area contributed by atoms with E-state index in [4.69, 9.17) is 23.8 Å². The monoisotopic (exact) mass is 270 g/mol. The van der Waals surface area contributed by atoms with Gasteiger partial charge in [-0.1, -0.05) is 62.7 Å². The predicted octanol–water partition coefficient (Wildman–Crippen LogP) is 5.36. The molecule has 0 saturated carbocycles. The zero-order valence-corrected chi connectivity index (χ0v) is 10.8. The summed E-state index contributed by atoms with van der Waals surface area (Å²) in [5.41, 5.74) is 1.14. The summed E-state index contributed by atoms with van der Waals surface area (Å²) in [4.78, 5) is 1.19. The number of rotatable bonds is 2. The van der Waals surface area contributed by atoms with E-state index < -0.39 is 0 Å². The van der Waals surface area contributed by atoms with Crippen molar-refractivity contribution in [3.63, 3.8) is 0 Å². The average molecular weight is 271 g/mol. The summed E-state index contributed by atoms with van der Waals surface area (Å²) in [6.45, 7) is 0. The van der Waals surface area contributed by atoms with Gasteiger partial charge in [-0.05, 0) is 29.8 Å². The summed E-state index contributed by atoms with van der Waals surface area (Å²) in [5.74, 6) is 0. The lowest BCUT2D eigenvalue weighted by molar-refractivity contribution is 1.66. The fourth-order valence-electron chi connectivity index (χ4n) is 1.08. The summed E-state index contributed by atoms with van der Waals surface area (Å²) in [5, 5.41) is 0.762. The van der Waals surface area contributed by atoms with Gasteiger partial charge in [0, 0.05) is 9.90 Å². The van der Waals surface area contributed by atoms with Crippen molar-refractivity contribution in [2.75, 3.05) is 0 Å². The van der Waals surface area contributed by atoms with E-state index in [1.807, 2.05) is 30.3 Å². The van der Waals surface area contributed by atoms with Gasteiger partial charge in [0.05, 0.1) is 0 Å². The molecule has 0 nitrogen and oxygen atoms in total. The third-order valence-electron chi connectivity index (χ3n) is 1.79. The summed E-state index contributed by atoms with van der Waals surface area (Å²) in [7, 11) is 3.32. The second kappa shape index (κ2) is 5.03. The van der Waals surface area contributed by atoms with Crippen LogP contribution in [0.25, 0.3) is 12.2 Å². The second-order valence-corrected chi connectivity index (χ2v) is 6.30. The molecule has 1 heterocycles. The molecule has 4 heteroatoms. The Morgan fingerprint density at radius 2 is 1.80 bits per heavy atom. The first kappa shape index (κ1) is 11.0. The van der Waals surface area contributed by atoms with E-state index in [0.717, 1.165) is 14.4 Å². The van der Waals surface area contributed by atoms with E-state index in [-0.39, 0.29) is 0 Å². The molecule has 2 rings (SSSR count). The SMILES string of the molecule is S=c1cc(/C=C/c2ccc(Cl)cc2)ss1. The van der Waals surface area contributed by atoms with E-state index >= 15 is 0 Å². The summed E-state index contributed by atoms with van der Waals surface area (Å²) >= 11 is 10.9.